The van der Waals surface area contributed by atoms with Crippen LogP contribution in [-0.2, 0) is 0 Å². The van der Waals surface area contributed by atoms with Crippen molar-refractivity contribution in [3.63, 3.8) is 0 Å². The van der Waals surface area contributed by atoms with E-state index in [1.54, 1.807) is 0 Å². The van der Waals surface area contributed by atoms with Crippen molar-refractivity contribution in [1.82, 2.24) is 14.6 Å². The molecular formula is C7H6BrN3S. The number of fused-ring (bicyclic) bond motifs is 1. The molecule has 0 unspecified atom stereocenters. The van der Waals surface area contributed by atoms with E-state index in [0.29, 0.717) is 0 Å². The fourth-order valence-electron chi connectivity index (χ4n) is 0.965. The van der Waals surface area contributed by atoms with Crippen molar-refractivity contribution in [3.8, 4) is 0 Å². The Bertz CT molecular complexity index is 412. The van der Waals surface area contributed by atoms with Gasteiger partial charge in [-0.05, 0) is 34.3 Å². The lowest BCUT2D eigenvalue weighted by Gasteiger charge is -1.98. The van der Waals surface area contributed by atoms with Gasteiger partial charge in [0.05, 0.1) is 5.52 Å². The first-order valence-corrected chi connectivity index (χ1v) is 5.38. The van der Waals surface area contributed by atoms with Crippen LogP contribution < -0.4 is 0 Å². The molecule has 5 heteroatoms. The van der Waals surface area contributed by atoms with E-state index < -0.39 is 0 Å². The average Bonchev–Trinajstić information content (AvgIpc) is 2.52. The van der Waals surface area contributed by atoms with Crippen molar-refractivity contribution in [2.45, 2.75) is 5.16 Å². The molecule has 2 aromatic rings. The Labute approximate surface area is 82.3 Å². The largest absolute Gasteiger partial charge is 0.236 e. The van der Waals surface area contributed by atoms with Gasteiger partial charge in [0.15, 0.2) is 0 Å². The monoisotopic (exact) mass is 243 g/mol. The van der Waals surface area contributed by atoms with Gasteiger partial charge in [0.25, 0.3) is 0 Å². The third-order valence-corrected chi connectivity index (χ3v) is 2.63. The Hall–Kier alpha value is -0.550. The van der Waals surface area contributed by atoms with Crippen molar-refractivity contribution >= 4 is 33.2 Å². The summed E-state index contributed by atoms with van der Waals surface area (Å²) in [6.45, 7) is 0. The highest BCUT2D eigenvalue weighted by atomic mass is 79.9. The van der Waals surface area contributed by atoms with E-state index in [0.717, 1.165) is 15.3 Å². The quantitative estimate of drug-likeness (QED) is 0.720. The van der Waals surface area contributed by atoms with E-state index in [-0.39, 0.29) is 0 Å². The van der Waals surface area contributed by atoms with Crippen molar-refractivity contribution in [2.75, 3.05) is 6.26 Å². The molecule has 2 heterocycles. The van der Waals surface area contributed by atoms with Crippen LogP contribution in [0.25, 0.3) is 5.52 Å². The summed E-state index contributed by atoms with van der Waals surface area (Å²) in [5.74, 6) is 0. The van der Waals surface area contributed by atoms with E-state index in [1.165, 1.54) is 11.8 Å². The van der Waals surface area contributed by atoms with Crippen LogP contribution in [0.1, 0.15) is 0 Å². The zero-order chi connectivity index (χ0) is 8.55. The maximum Gasteiger partial charge on any atom is 0.208 e. The molecule has 0 fully saturated rings. The lowest BCUT2D eigenvalue weighted by atomic mass is 10.5. The van der Waals surface area contributed by atoms with Gasteiger partial charge in [-0.25, -0.2) is 9.50 Å². The molecule has 0 amide bonds. The fourth-order valence-corrected chi connectivity index (χ4v) is 1.92. The zero-order valence-electron chi connectivity index (χ0n) is 6.36. The number of hydrogen-bond donors (Lipinski definition) is 0. The van der Waals surface area contributed by atoms with Crippen LogP contribution in [-0.4, -0.2) is 20.9 Å². The van der Waals surface area contributed by atoms with Crippen LogP contribution in [0.2, 0.25) is 0 Å². The fraction of sp³-hybridized carbons (Fsp3) is 0.143. The topological polar surface area (TPSA) is 30.2 Å². The highest BCUT2D eigenvalue weighted by Crippen LogP contribution is 2.18. The number of nitrogens with zero attached hydrogens (tertiary/aromatic N) is 3. The molecule has 2 rings (SSSR count). The minimum Gasteiger partial charge on any atom is -0.236 e. The molecule has 0 saturated heterocycles. The summed E-state index contributed by atoms with van der Waals surface area (Å²) in [5, 5.41) is 5.02. The van der Waals surface area contributed by atoms with Crippen LogP contribution in [0.5, 0.6) is 0 Å². The molecule has 0 saturated carbocycles. The van der Waals surface area contributed by atoms with Gasteiger partial charge >= 0.3 is 0 Å². The SMILES string of the molecule is CSc1nc(Br)c2cccn2n1. The van der Waals surface area contributed by atoms with Gasteiger partial charge in [-0.1, -0.05) is 11.8 Å². The lowest BCUT2D eigenvalue weighted by molar-refractivity contribution is 0.789. The van der Waals surface area contributed by atoms with Gasteiger partial charge in [-0.15, -0.1) is 5.10 Å². The summed E-state index contributed by atoms with van der Waals surface area (Å²) in [5.41, 5.74) is 0.993. The summed E-state index contributed by atoms with van der Waals surface area (Å²) in [6, 6.07) is 3.91. The number of halogens is 1. The van der Waals surface area contributed by atoms with Gasteiger partial charge < -0.3 is 0 Å². The van der Waals surface area contributed by atoms with Crippen LogP contribution in [0.4, 0.5) is 0 Å². The summed E-state index contributed by atoms with van der Waals surface area (Å²) < 4.78 is 2.65. The Morgan fingerprint density at radius 1 is 1.58 bits per heavy atom. The first-order valence-electron chi connectivity index (χ1n) is 3.36. The molecule has 0 aliphatic heterocycles. The summed E-state index contributed by atoms with van der Waals surface area (Å²) >= 11 is 4.91. The number of rotatable bonds is 1. The van der Waals surface area contributed by atoms with E-state index in [2.05, 4.69) is 26.0 Å². The van der Waals surface area contributed by atoms with Crippen molar-refractivity contribution in [1.29, 1.82) is 0 Å². The maximum absolute atomic E-state index is 4.25. The maximum atomic E-state index is 4.25. The molecule has 0 N–H and O–H groups in total. The number of aromatic nitrogens is 3. The molecule has 0 aromatic carbocycles. The number of hydrogen-bond acceptors (Lipinski definition) is 3. The first-order chi connectivity index (χ1) is 5.81. The second-order valence-corrected chi connectivity index (χ2v) is 3.75. The number of thioether (sulfide) groups is 1. The van der Waals surface area contributed by atoms with Crippen LogP contribution in [0.15, 0.2) is 28.1 Å². The van der Waals surface area contributed by atoms with E-state index in [9.17, 15) is 0 Å². The second kappa shape index (κ2) is 3.06. The smallest absolute Gasteiger partial charge is 0.208 e. The Morgan fingerprint density at radius 2 is 2.42 bits per heavy atom. The third-order valence-electron chi connectivity index (χ3n) is 1.51. The van der Waals surface area contributed by atoms with Crippen LogP contribution in [0, 0.1) is 0 Å². The lowest BCUT2D eigenvalue weighted by Crippen LogP contribution is -1.95. The molecule has 12 heavy (non-hydrogen) atoms. The second-order valence-electron chi connectivity index (χ2n) is 2.23. The Kier molecular flexibility index (Phi) is 2.06. The van der Waals surface area contributed by atoms with Crippen LogP contribution in [0.3, 0.4) is 0 Å². The molecule has 0 spiro atoms. The average molecular weight is 244 g/mol. The highest BCUT2D eigenvalue weighted by molar-refractivity contribution is 9.10. The van der Waals surface area contributed by atoms with Crippen molar-refractivity contribution < 1.29 is 0 Å². The molecule has 0 bridgehead atoms. The molecule has 3 nitrogen and oxygen atoms in total. The van der Waals surface area contributed by atoms with E-state index in [1.807, 2.05) is 29.1 Å². The summed E-state index contributed by atoms with van der Waals surface area (Å²) in [4.78, 5) is 4.24. The van der Waals surface area contributed by atoms with Crippen molar-refractivity contribution in [2.24, 2.45) is 0 Å². The van der Waals surface area contributed by atoms with E-state index >= 15 is 0 Å². The van der Waals surface area contributed by atoms with Crippen molar-refractivity contribution in [3.05, 3.63) is 22.9 Å². The minimum absolute atomic E-state index is 0.769. The van der Waals surface area contributed by atoms with Gasteiger partial charge in [0.1, 0.15) is 4.60 Å². The molecule has 0 atom stereocenters. The minimum atomic E-state index is 0.769. The zero-order valence-corrected chi connectivity index (χ0v) is 8.76. The molecule has 0 radical (unpaired) electrons. The standard InChI is InChI=1S/C7H6BrN3S/c1-12-7-9-6(8)5-3-2-4-11(5)10-7/h2-4H,1H3. The Morgan fingerprint density at radius 3 is 3.17 bits per heavy atom. The van der Waals surface area contributed by atoms with Gasteiger partial charge in [-0.3, -0.25) is 0 Å². The third kappa shape index (κ3) is 1.23. The Balaban J connectivity index is 2.75. The normalized spacial score (nSPS) is 10.8. The molecule has 0 aliphatic carbocycles. The van der Waals surface area contributed by atoms with Gasteiger partial charge in [0.2, 0.25) is 5.16 Å². The van der Waals surface area contributed by atoms with Gasteiger partial charge in [-0.2, -0.15) is 0 Å². The molecule has 62 valence electrons. The van der Waals surface area contributed by atoms with E-state index in [4.69, 9.17) is 0 Å². The molecular weight excluding hydrogens is 238 g/mol. The van der Waals surface area contributed by atoms with Crippen LogP contribution >= 0.6 is 27.7 Å². The highest BCUT2D eigenvalue weighted by Gasteiger charge is 2.02. The molecule has 2 aromatic heterocycles. The predicted molar refractivity (Wildman–Crippen MR) is 52.5 cm³/mol. The van der Waals surface area contributed by atoms with Gasteiger partial charge in [0, 0.05) is 6.20 Å². The first kappa shape index (κ1) is 8.07. The predicted octanol–water partition coefficient (Wildman–Crippen LogP) is 2.21. The summed E-state index contributed by atoms with van der Waals surface area (Å²) in [7, 11) is 0. The summed E-state index contributed by atoms with van der Waals surface area (Å²) in [6.07, 6.45) is 3.86. The molecule has 0 aliphatic rings.